The SMILES string of the molecule is CC(C)CNCc1cnc(-n2cccn2)cn1. The summed E-state index contributed by atoms with van der Waals surface area (Å²) in [6.45, 7) is 6.10. The molecule has 0 aromatic carbocycles. The van der Waals surface area contributed by atoms with Crippen molar-refractivity contribution in [3.8, 4) is 5.82 Å². The number of rotatable bonds is 5. The summed E-state index contributed by atoms with van der Waals surface area (Å²) >= 11 is 0. The molecule has 0 fully saturated rings. The van der Waals surface area contributed by atoms with Gasteiger partial charge in [-0.05, 0) is 18.5 Å². The maximum absolute atomic E-state index is 4.35. The lowest BCUT2D eigenvalue weighted by Gasteiger charge is -2.07. The molecule has 0 aliphatic heterocycles. The molecular formula is C12H17N5. The van der Waals surface area contributed by atoms with E-state index in [4.69, 9.17) is 0 Å². The van der Waals surface area contributed by atoms with Gasteiger partial charge in [0.25, 0.3) is 0 Å². The van der Waals surface area contributed by atoms with Gasteiger partial charge in [0, 0.05) is 18.9 Å². The van der Waals surface area contributed by atoms with Crippen LogP contribution in [-0.4, -0.2) is 26.3 Å². The van der Waals surface area contributed by atoms with Gasteiger partial charge in [-0.2, -0.15) is 5.10 Å². The molecule has 0 bridgehead atoms. The Morgan fingerprint density at radius 1 is 1.29 bits per heavy atom. The molecule has 5 nitrogen and oxygen atoms in total. The molecule has 0 aliphatic carbocycles. The van der Waals surface area contributed by atoms with Crippen molar-refractivity contribution in [3.05, 3.63) is 36.5 Å². The lowest BCUT2D eigenvalue weighted by Crippen LogP contribution is -2.19. The molecular weight excluding hydrogens is 214 g/mol. The van der Waals surface area contributed by atoms with Gasteiger partial charge in [0.05, 0.1) is 18.1 Å². The Labute approximate surface area is 101 Å². The third-order valence-electron chi connectivity index (χ3n) is 2.29. The topological polar surface area (TPSA) is 55.6 Å². The average molecular weight is 231 g/mol. The highest BCUT2D eigenvalue weighted by Gasteiger charge is 2.00. The van der Waals surface area contributed by atoms with Crippen LogP contribution in [0.5, 0.6) is 0 Å². The summed E-state index contributed by atoms with van der Waals surface area (Å²) in [7, 11) is 0. The number of nitrogens with zero attached hydrogens (tertiary/aromatic N) is 4. The number of aromatic nitrogens is 4. The van der Waals surface area contributed by atoms with Crippen LogP contribution in [0.4, 0.5) is 0 Å². The molecule has 0 amide bonds. The highest BCUT2D eigenvalue weighted by molar-refractivity contribution is 5.17. The molecule has 2 aromatic rings. The predicted octanol–water partition coefficient (Wildman–Crippen LogP) is 1.41. The van der Waals surface area contributed by atoms with Gasteiger partial charge < -0.3 is 5.32 Å². The highest BCUT2D eigenvalue weighted by atomic mass is 15.3. The van der Waals surface area contributed by atoms with Gasteiger partial charge in [0.1, 0.15) is 0 Å². The molecule has 0 spiro atoms. The van der Waals surface area contributed by atoms with Crippen LogP contribution in [-0.2, 0) is 6.54 Å². The number of hydrogen-bond acceptors (Lipinski definition) is 4. The molecule has 5 heteroatoms. The summed E-state index contributed by atoms with van der Waals surface area (Å²) < 4.78 is 1.69. The van der Waals surface area contributed by atoms with Crippen LogP contribution in [0.3, 0.4) is 0 Å². The maximum Gasteiger partial charge on any atom is 0.171 e. The van der Waals surface area contributed by atoms with Crippen molar-refractivity contribution in [2.75, 3.05) is 6.54 Å². The zero-order chi connectivity index (χ0) is 12.1. The monoisotopic (exact) mass is 231 g/mol. The van der Waals surface area contributed by atoms with Crippen LogP contribution < -0.4 is 5.32 Å². The Morgan fingerprint density at radius 2 is 2.18 bits per heavy atom. The molecule has 17 heavy (non-hydrogen) atoms. The molecule has 0 saturated heterocycles. The van der Waals surface area contributed by atoms with Crippen LogP contribution in [0, 0.1) is 5.92 Å². The minimum atomic E-state index is 0.645. The minimum Gasteiger partial charge on any atom is -0.311 e. The first-order valence-corrected chi connectivity index (χ1v) is 5.77. The summed E-state index contributed by atoms with van der Waals surface area (Å²) in [5.74, 6) is 1.38. The van der Waals surface area contributed by atoms with Gasteiger partial charge in [-0.15, -0.1) is 0 Å². The van der Waals surface area contributed by atoms with Gasteiger partial charge >= 0.3 is 0 Å². The molecule has 0 radical (unpaired) electrons. The predicted molar refractivity (Wildman–Crippen MR) is 65.7 cm³/mol. The average Bonchev–Trinajstić information content (AvgIpc) is 2.83. The first-order chi connectivity index (χ1) is 8.25. The van der Waals surface area contributed by atoms with Crippen LogP contribution >= 0.6 is 0 Å². The van der Waals surface area contributed by atoms with Crippen molar-refractivity contribution >= 4 is 0 Å². The Bertz CT molecular complexity index is 432. The molecule has 1 N–H and O–H groups in total. The summed E-state index contributed by atoms with van der Waals surface area (Å²) in [5.41, 5.74) is 0.946. The van der Waals surface area contributed by atoms with Crippen LogP contribution in [0.2, 0.25) is 0 Å². The molecule has 0 atom stereocenters. The van der Waals surface area contributed by atoms with E-state index in [0.29, 0.717) is 5.92 Å². The maximum atomic E-state index is 4.35. The molecule has 0 unspecified atom stereocenters. The van der Waals surface area contributed by atoms with Gasteiger partial charge in [-0.3, -0.25) is 4.98 Å². The van der Waals surface area contributed by atoms with Crippen LogP contribution in [0.15, 0.2) is 30.9 Å². The normalized spacial score (nSPS) is 11.0. The fourth-order valence-corrected chi connectivity index (χ4v) is 1.45. The van der Waals surface area contributed by atoms with E-state index in [-0.39, 0.29) is 0 Å². The number of nitrogens with one attached hydrogen (secondary N) is 1. The van der Waals surface area contributed by atoms with E-state index in [2.05, 4.69) is 34.2 Å². The summed E-state index contributed by atoms with van der Waals surface area (Å²) in [5, 5.41) is 7.43. The molecule has 2 heterocycles. The second-order valence-electron chi connectivity index (χ2n) is 4.34. The van der Waals surface area contributed by atoms with Crippen molar-refractivity contribution in [2.24, 2.45) is 5.92 Å². The van der Waals surface area contributed by atoms with Crippen molar-refractivity contribution in [1.29, 1.82) is 0 Å². The Balaban J connectivity index is 1.94. The van der Waals surface area contributed by atoms with Crippen molar-refractivity contribution in [3.63, 3.8) is 0 Å². The van der Waals surface area contributed by atoms with Gasteiger partial charge in [-0.1, -0.05) is 13.8 Å². The Morgan fingerprint density at radius 3 is 2.76 bits per heavy atom. The molecule has 2 aromatic heterocycles. The van der Waals surface area contributed by atoms with E-state index in [0.717, 1.165) is 24.6 Å². The minimum absolute atomic E-state index is 0.645. The van der Waals surface area contributed by atoms with Crippen LogP contribution in [0.25, 0.3) is 5.82 Å². The van der Waals surface area contributed by atoms with E-state index in [9.17, 15) is 0 Å². The lowest BCUT2D eigenvalue weighted by atomic mass is 10.2. The van der Waals surface area contributed by atoms with E-state index in [1.807, 2.05) is 12.3 Å². The molecule has 2 rings (SSSR count). The second-order valence-corrected chi connectivity index (χ2v) is 4.34. The first kappa shape index (κ1) is 11.7. The molecule has 0 aliphatic rings. The second kappa shape index (κ2) is 5.54. The van der Waals surface area contributed by atoms with Crippen molar-refractivity contribution in [2.45, 2.75) is 20.4 Å². The number of hydrogen-bond donors (Lipinski definition) is 1. The standard InChI is InChI=1S/C12H17N5/c1-10(2)6-13-7-11-8-15-12(9-14-11)17-5-3-4-16-17/h3-5,8-10,13H,6-7H2,1-2H3. The quantitative estimate of drug-likeness (QED) is 0.845. The lowest BCUT2D eigenvalue weighted by molar-refractivity contribution is 0.547. The zero-order valence-corrected chi connectivity index (χ0v) is 10.2. The zero-order valence-electron chi connectivity index (χ0n) is 10.2. The van der Waals surface area contributed by atoms with E-state index in [1.165, 1.54) is 0 Å². The molecule has 90 valence electrons. The van der Waals surface area contributed by atoms with Crippen LogP contribution in [0.1, 0.15) is 19.5 Å². The van der Waals surface area contributed by atoms with Gasteiger partial charge in [0.15, 0.2) is 5.82 Å². The third-order valence-corrected chi connectivity index (χ3v) is 2.29. The van der Waals surface area contributed by atoms with Gasteiger partial charge in [0.2, 0.25) is 0 Å². The first-order valence-electron chi connectivity index (χ1n) is 5.77. The Kier molecular flexibility index (Phi) is 3.82. The third kappa shape index (κ3) is 3.35. The summed E-state index contributed by atoms with van der Waals surface area (Å²) in [6.07, 6.45) is 7.09. The summed E-state index contributed by atoms with van der Waals surface area (Å²) in [4.78, 5) is 8.66. The van der Waals surface area contributed by atoms with Crippen molar-refractivity contribution in [1.82, 2.24) is 25.1 Å². The molecule has 0 saturated carbocycles. The van der Waals surface area contributed by atoms with E-state index in [1.54, 1.807) is 23.3 Å². The highest BCUT2D eigenvalue weighted by Crippen LogP contribution is 2.01. The summed E-state index contributed by atoms with van der Waals surface area (Å²) in [6, 6.07) is 1.86. The fourth-order valence-electron chi connectivity index (χ4n) is 1.45. The largest absolute Gasteiger partial charge is 0.311 e. The Hall–Kier alpha value is -1.75. The van der Waals surface area contributed by atoms with E-state index >= 15 is 0 Å². The fraction of sp³-hybridized carbons (Fsp3) is 0.417. The van der Waals surface area contributed by atoms with E-state index < -0.39 is 0 Å². The smallest absolute Gasteiger partial charge is 0.171 e. The van der Waals surface area contributed by atoms with Crippen molar-refractivity contribution < 1.29 is 0 Å². The van der Waals surface area contributed by atoms with Gasteiger partial charge in [-0.25, -0.2) is 9.67 Å².